The number of sulfone groups is 1. The lowest BCUT2D eigenvalue weighted by molar-refractivity contribution is 0.111. The summed E-state index contributed by atoms with van der Waals surface area (Å²) >= 11 is 0. The van der Waals surface area contributed by atoms with Crippen LogP contribution in [0.2, 0.25) is 0 Å². The van der Waals surface area contributed by atoms with Gasteiger partial charge in [0.2, 0.25) is 0 Å². The average Bonchev–Trinajstić information content (AvgIpc) is 3.48. The Morgan fingerprint density at radius 2 is 1.85 bits per heavy atom. The van der Waals surface area contributed by atoms with E-state index >= 15 is 0 Å². The van der Waals surface area contributed by atoms with Crippen LogP contribution in [0.5, 0.6) is 0 Å². The lowest BCUT2D eigenvalue weighted by atomic mass is 9.61. The summed E-state index contributed by atoms with van der Waals surface area (Å²) in [6.07, 6.45) is 16.6. The van der Waals surface area contributed by atoms with E-state index < -0.39 is 9.84 Å². The van der Waals surface area contributed by atoms with Crippen molar-refractivity contribution in [3.8, 4) is 0 Å². The molecule has 0 aromatic heterocycles. The largest absolute Gasteiger partial charge is 0.389 e. The van der Waals surface area contributed by atoms with Gasteiger partial charge < -0.3 is 5.11 Å². The van der Waals surface area contributed by atoms with Crippen LogP contribution in [0.15, 0.2) is 34.9 Å². The van der Waals surface area contributed by atoms with Crippen LogP contribution in [-0.4, -0.2) is 30.6 Å². The van der Waals surface area contributed by atoms with E-state index in [1.807, 2.05) is 0 Å². The van der Waals surface area contributed by atoms with E-state index in [1.165, 1.54) is 42.4 Å². The Balaban J connectivity index is 1.39. The van der Waals surface area contributed by atoms with Gasteiger partial charge in [-0.25, -0.2) is 8.42 Å². The first-order valence-corrected chi connectivity index (χ1v) is 15.3. The lowest BCUT2D eigenvalue weighted by Crippen LogP contribution is -2.36. The van der Waals surface area contributed by atoms with E-state index in [-0.39, 0.29) is 16.8 Å². The summed E-state index contributed by atoms with van der Waals surface area (Å²) in [5.41, 5.74) is 4.17. The Labute approximate surface area is 201 Å². The molecule has 0 saturated heterocycles. The predicted molar refractivity (Wildman–Crippen MR) is 135 cm³/mol. The Kier molecular flexibility index (Phi) is 6.26. The second kappa shape index (κ2) is 8.66. The third-order valence-electron chi connectivity index (χ3n) is 10.2. The molecule has 1 aliphatic heterocycles. The number of allylic oxidation sites excluding steroid dienone is 2. The van der Waals surface area contributed by atoms with Crippen molar-refractivity contribution in [3.05, 3.63) is 34.9 Å². The van der Waals surface area contributed by atoms with Crippen molar-refractivity contribution >= 4 is 9.84 Å². The molecule has 4 aliphatic carbocycles. The molecule has 5 rings (SSSR count). The molecule has 0 spiro atoms. The predicted octanol–water partition coefficient (Wildman–Crippen LogP) is 6.25. The molecule has 184 valence electrons. The lowest BCUT2D eigenvalue weighted by Gasteiger charge is -2.44. The van der Waals surface area contributed by atoms with Gasteiger partial charge in [-0.15, -0.1) is 0 Å². The third-order valence-corrected chi connectivity index (χ3v) is 12.1. The maximum Gasteiger partial charge on any atom is 0.164 e. The minimum absolute atomic E-state index is 0.241. The van der Waals surface area contributed by atoms with Crippen LogP contribution in [-0.2, 0) is 9.84 Å². The molecule has 3 fully saturated rings. The summed E-state index contributed by atoms with van der Waals surface area (Å²) in [4.78, 5) is 0. The van der Waals surface area contributed by atoms with E-state index in [0.717, 1.165) is 32.1 Å². The van der Waals surface area contributed by atoms with Crippen LogP contribution in [0.3, 0.4) is 0 Å². The molecule has 33 heavy (non-hydrogen) atoms. The normalized spacial score (nSPS) is 43.7. The van der Waals surface area contributed by atoms with Crippen LogP contribution >= 0.6 is 0 Å². The van der Waals surface area contributed by atoms with Crippen molar-refractivity contribution in [2.45, 2.75) is 96.8 Å². The van der Waals surface area contributed by atoms with Crippen molar-refractivity contribution in [2.75, 3.05) is 5.75 Å². The van der Waals surface area contributed by atoms with Crippen LogP contribution < -0.4 is 0 Å². The van der Waals surface area contributed by atoms with Gasteiger partial charge in [-0.1, -0.05) is 57.1 Å². The van der Waals surface area contributed by atoms with Gasteiger partial charge in [-0.05, 0) is 104 Å². The maximum absolute atomic E-state index is 13.3. The average molecular weight is 473 g/mol. The fourth-order valence-electron chi connectivity index (χ4n) is 8.27. The zero-order chi connectivity index (χ0) is 23.5. The molecule has 8 atom stereocenters. The minimum atomic E-state index is -3.11. The van der Waals surface area contributed by atoms with E-state index in [4.69, 9.17) is 0 Å². The van der Waals surface area contributed by atoms with Gasteiger partial charge in [0.05, 0.1) is 11.9 Å². The first kappa shape index (κ1) is 23.9. The molecule has 1 N–H and O–H groups in total. The monoisotopic (exact) mass is 472 g/mol. The summed E-state index contributed by atoms with van der Waals surface area (Å²) in [6, 6.07) is 0. The number of rotatable bonds is 5. The summed E-state index contributed by atoms with van der Waals surface area (Å²) in [7, 11) is -3.11. The molecule has 0 radical (unpaired) electrons. The first-order valence-electron chi connectivity index (χ1n) is 13.6. The number of aliphatic hydroxyl groups excluding tert-OH is 1. The standard InChI is InChI=1S/C29H44O3S/c1-18-14-20(3)24-17-33(31,32)28(23(24)15-18)16-22-6-5-13-29(4)25(10-11-26(22)29)19(2)7-12-27(30)21-8-9-21/h7,12,16,18-21,25-28,30H,5-6,8-11,13-15,17H2,1-4H3/b12-7+,22-16+/t18-,19+,20-,25?,26-,27+,28+,29+/m0/s1. The highest BCUT2D eigenvalue weighted by atomic mass is 32.2. The van der Waals surface area contributed by atoms with E-state index in [0.29, 0.717) is 41.3 Å². The smallest absolute Gasteiger partial charge is 0.164 e. The second-order valence-electron chi connectivity index (χ2n) is 12.6. The van der Waals surface area contributed by atoms with Gasteiger partial charge >= 0.3 is 0 Å². The SMILES string of the molecule is C[C@@H]1CC2=C(CS(=O)(=O)[C@@H]2/C=C2\CCC[C@]3(C)C([C@H](C)/C=C/[C@@H](O)C4CC4)CC[C@@H]23)[C@@H](C)C1. The van der Waals surface area contributed by atoms with Gasteiger partial charge in [0.15, 0.2) is 9.84 Å². The highest BCUT2D eigenvalue weighted by molar-refractivity contribution is 7.92. The van der Waals surface area contributed by atoms with Crippen LogP contribution in [0.1, 0.15) is 85.5 Å². The zero-order valence-electron chi connectivity index (χ0n) is 21.1. The first-order chi connectivity index (χ1) is 15.6. The molecule has 4 heteroatoms. The Morgan fingerprint density at radius 1 is 1.09 bits per heavy atom. The van der Waals surface area contributed by atoms with E-state index in [2.05, 4.69) is 45.9 Å². The Morgan fingerprint density at radius 3 is 2.58 bits per heavy atom. The molecular formula is C29H44O3S. The Hall–Kier alpha value is -0.870. The van der Waals surface area contributed by atoms with Crippen molar-refractivity contribution in [1.82, 2.24) is 0 Å². The van der Waals surface area contributed by atoms with Gasteiger partial charge in [0.25, 0.3) is 0 Å². The van der Waals surface area contributed by atoms with Crippen molar-refractivity contribution in [3.63, 3.8) is 0 Å². The third kappa shape index (κ3) is 4.33. The highest BCUT2D eigenvalue weighted by Gasteiger charge is 2.51. The summed E-state index contributed by atoms with van der Waals surface area (Å²) in [5, 5.41) is 9.94. The number of fused-ring (bicyclic) bond motifs is 1. The molecular weight excluding hydrogens is 428 g/mol. The topological polar surface area (TPSA) is 54.4 Å². The number of hydrogen-bond acceptors (Lipinski definition) is 3. The molecule has 0 aromatic carbocycles. The molecule has 3 saturated carbocycles. The van der Waals surface area contributed by atoms with E-state index in [1.54, 1.807) is 0 Å². The van der Waals surface area contributed by atoms with Crippen molar-refractivity contribution in [1.29, 1.82) is 0 Å². The van der Waals surface area contributed by atoms with E-state index in [9.17, 15) is 13.5 Å². The number of aliphatic hydroxyl groups is 1. The molecule has 1 unspecified atom stereocenters. The molecule has 5 aliphatic rings. The fraction of sp³-hybridized carbons (Fsp3) is 0.793. The van der Waals surface area contributed by atoms with Gasteiger partial charge in [0, 0.05) is 0 Å². The molecule has 3 nitrogen and oxygen atoms in total. The second-order valence-corrected chi connectivity index (χ2v) is 14.8. The molecule has 0 aromatic rings. The van der Waals surface area contributed by atoms with Crippen molar-refractivity contribution < 1.29 is 13.5 Å². The quantitative estimate of drug-likeness (QED) is 0.481. The van der Waals surface area contributed by atoms with Crippen LogP contribution in [0, 0.1) is 40.9 Å². The van der Waals surface area contributed by atoms with Gasteiger partial charge in [-0.3, -0.25) is 0 Å². The summed E-state index contributed by atoms with van der Waals surface area (Å²) in [6.45, 7) is 9.31. The fourth-order valence-corrected chi connectivity index (χ4v) is 10.4. The zero-order valence-corrected chi connectivity index (χ0v) is 21.9. The van der Waals surface area contributed by atoms with Crippen molar-refractivity contribution in [2.24, 2.45) is 40.9 Å². The van der Waals surface area contributed by atoms with Gasteiger partial charge in [-0.2, -0.15) is 0 Å². The summed E-state index contributed by atoms with van der Waals surface area (Å²) in [5.74, 6) is 3.35. The Bertz CT molecular complexity index is 969. The summed E-state index contributed by atoms with van der Waals surface area (Å²) < 4.78 is 26.6. The molecule has 0 bridgehead atoms. The van der Waals surface area contributed by atoms with Gasteiger partial charge in [0.1, 0.15) is 5.25 Å². The highest BCUT2D eigenvalue weighted by Crippen LogP contribution is 2.60. The maximum atomic E-state index is 13.3. The molecule has 0 amide bonds. The minimum Gasteiger partial charge on any atom is -0.389 e. The number of hydrogen-bond donors (Lipinski definition) is 1. The van der Waals surface area contributed by atoms with Crippen LogP contribution in [0.4, 0.5) is 0 Å². The molecule has 1 heterocycles. The van der Waals surface area contributed by atoms with Crippen LogP contribution in [0.25, 0.3) is 0 Å².